The maximum atomic E-state index is 12.8. The van der Waals surface area contributed by atoms with Gasteiger partial charge in [0, 0.05) is 37.6 Å². The Balaban J connectivity index is 1.48. The van der Waals surface area contributed by atoms with Gasteiger partial charge in [-0.2, -0.15) is 5.10 Å². The highest BCUT2D eigenvalue weighted by atomic mass is 16.5. The predicted molar refractivity (Wildman–Crippen MR) is 81.4 cm³/mol. The smallest absolute Gasteiger partial charge is 0.247 e. The number of aromatic nitrogens is 2. The standard InChI is InChI=1S/C16H24N4O2/c1-12(20-6-2-5-17-20)15(21)19-7-8-22-16(11-19)9-13-3-4-14(10-16)18-13/h2,5-6,12-14,18H,3-4,7-11H2,1H3/t12?,13-,14+,16?. The summed E-state index contributed by atoms with van der Waals surface area (Å²) >= 11 is 0. The molecule has 3 saturated heterocycles. The minimum absolute atomic E-state index is 0.130. The molecule has 1 aromatic rings. The van der Waals surface area contributed by atoms with Gasteiger partial charge >= 0.3 is 0 Å². The minimum Gasteiger partial charge on any atom is -0.371 e. The summed E-state index contributed by atoms with van der Waals surface area (Å²) in [6.07, 6.45) is 8.12. The van der Waals surface area contributed by atoms with Crippen molar-refractivity contribution in [2.45, 2.75) is 56.3 Å². The lowest BCUT2D eigenvalue weighted by Crippen LogP contribution is -2.60. The van der Waals surface area contributed by atoms with Crippen LogP contribution in [0.2, 0.25) is 0 Å². The molecular weight excluding hydrogens is 280 g/mol. The van der Waals surface area contributed by atoms with Crippen LogP contribution in [-0.4, -0.2) is 58.0 Å². The minimum atomic E-state index is -0.247. The summed E-state index contributed by atoms with van der Waals surface area (Å²) in [5.74, 6) is 0.150. The monoisotopic (exact) mass is 304 g/mol. The summed E-state index contributed by atoms with van der Waals surface area (Å²) in [7, 11) is 0. The summed E-state index contributed by atoms with van der Waals surface area (Å²) in [6.45, 7) is 3.99. The van der Waals surface area contributed by atoms with Gasteiger partial charge < -0.3 is 15.0 Å². The van der Waals surface area contributed by atoms with Gasteiger partial charge in [0.15, 0.2) is 0 Å². The Morgan fingerprint density at radius 3 is 2.86 bits per heavy atom. The number of nitrogens with zero attached hydrogens (tertiary/aromatic N) is 3. The van der Waals surface area contributed by atoms with Gasteiger partial charge in [0.1, 0.15) is 6.04 Å². The molecule has 4 rings (SSSR count). The van der Waals surface area contributed by atoms with E-state index in [2.05, 4.69) is 10.4 Å². The Hall–Kier alpha value is -1.40. The Labute approximate surface area is 130 Å². The third-order valence-corrected chi connectivity index (χ3v) is 5.41. The fourth-order valence-electron chi connectivity index (χ4n) is 4.37. The van der Waals surface area contributed by atoms with Gasteiger partial charge in [-0.3, -0.25) is 9.48 Å². The Morgan fingerprint density at radius 2 is 2.18 bits per heavy atom. The van der Waals surface area contributed by atoms with E-state index in [1.807, 2.05) is 24.1 Å². The summed E-state index contributed by atoms with van der Waals surface area (Å²) in [5.41, 5.74) is -0.130. The highest BCUT2D eigenvalue weighted by Gasteiger charge is 2.47. The molecule has 4 heterocycles. The quantitative estimate of drug-likeness (QED) is 0.884. The molecule has 0 aromatic carbocycles. The third-order valence-electron chi connectivity index (χ3n) is 5.41. The average molecular weight is 304 g/mol. The van der Waals surface area contributed by atoms with Gasteiger partial charge in [0.05, 0.1) is 12.2 Å². The van der Waals surface area contributed by atoms with Crippen LogP contribution in [0.15, 0.2) is 18.5 Å². The van der Waals surface area contributed by atoms with Gasteiger partial charge in [-0.05, 0) is 38.7 Å². The van der Waals surface area contributed by atoms with E-state index in [1.54, 1.807) is 10.9 Å². The van der Waals surface area contributed by atoms with Crippen molar-refractivity contribution in [2.24, 2.45) is 0 Å². The number of carbonyl (C=O) groups excluding carboxylic acids is 1. The van der Waals surface area contributed by atoms with Crippen molar-refractivity contribution >= 4 is 5.91 Å². The number of hydrogen-bond acceptors (Lipinski definition) is 4. The number of morpholine rings is 1. The molecular formula is C16H24N4O2. The van der Waals surface area contributed by atoms with Crippen LogP contribution in [0.3, 0.4) is 0 Å². The van der Waals surface area contributed by atoms with E-state index in [4.69, 9.17) is 4.74 Å². The van der Waals surface area contributed by atoms with Crippen molar-refractivity contribution in [3.63, 3.8) is 0 Å². The predicted octanol–water partition coefficient (Wildman–Crippen LogP) is 0.956. The van der Waals surface area contributed by atoms with Gasteiger partial charge in [-0.1, -0.05) is 0 Å². The fourth-order valence-corrected chi connectivity index (χ4v) is 4.37. The Bertz CT molecular complexity index is 532. The number of amides is 1. The second kappa shape index (κ2) is 5.35. The molecule has 1 amide bonds. The zero-order chi connectivity index (χ0) is 15.2. The molecule has 2 bridgehead atoms. The van der Waals surface area contributed by atoms with E-state index in [-0.39, 0.29) is 17.6 Å². The molecule has 0 aliphatic carbocycles. The van der Waals surface area contributed by atoms with Crippen molar-refractivity contribution in [3.8, 4) is 0 Å². The zero-order valence-corrected chi connectivity index (χ0v) is 13.1. The number of fused-ring (bicyclic) bond motifs is 2. The lowest BCUT2D eigenvalue weighted by atomic mass is 9.85. The average Bonchev–Trinajstić information content (AvgIpc) is 3.16. The van der Waals surface area contributed by atoms with Crippen LogP contribution >= 0.6 is 0 Å². The van der Waals surface area contributed by atoms with Crippen molar-refractivity contribution < 1.29 is 9.53 Å². The van der Waals surface area contributed by atoms with Crippen LogP contribution in [0, 0.1) is 0 Å². The third kappa shape index (κ3) is 2.44. The lowest BCUT2D eigenvalue weighted by Gasteiger charge is -2.47. The Morgan fingerprint density at radius 1 is 1.41 bits per heavy atom. The SMILES string of the molecule is CC(C(=O)N1CCOC2(C[C@H]3CC[C@@H](C2)N3)C1)n1cccn1. The van der Waals surface area contributed by atoms with E-state index < -0.39 is 0 Å². The number of nitrogens with one attached hydrogen (secondary N) is 1. The van der Waals surface area contributed by atoms with E-state index >= 15 is 0 Å². The van der Waals surface area contributed by atoms with E-state index in [9.17, 15) is 4.79 Å². The van der Waals surface area contributed by atoms with Gasteiger partial charge in [-0.15, -0.1) is 0 Å². The lowest BCUT2D eigenvalue weighted by molar-refractivity contribution is -0.160. The first-order valence-corrected chi connectivity index (χ1v) is 8.33. The van der Waals surface area contributed by atoms with E-state index in [1.165, 1.54) is 12.8 Å². The summed E-state index contributed by atoms with van der Waals surface area (Å²) in [6, 6.07) is 2.74. The van der Waals surface area contributed by atoms with Crippen molar-refractivity contribution in [1.29, 1.82) is 0 Å². The molecule has 4 atom stereocenters. The molecule has 3 aliphatic heterocycles. The van der Waals surface area contributed by atoms with E-state index in [0.29, 0.717) is 25.2 Å². The Kier molecular flexibility index (Phi) is 3.46. The highest BCUT2D eigenvalue weighted by molar-refractivity contribution is 5.80. The van der Waals surface area contributed by atoms with Crippen molar-refractivity contribution in [1.82, 2.24) is 20.0 Å². The molecule has 3 fully saturated rings. The first-order valence-electron chi connectivity index (χ1n) is 8.33. The van der Waals surface area contributed by atoms with Gasteiger partial charge in [0.25, 0.3) is 0 Å². The molecule has 22 heavy (non-hydrogen) atoms. The van der Waals surface area contributed by atoms with Gasteiger partial charge in [-0.25, -0.2) is 0 Å². The molecule has 0 radical (unpaired) electrons. The summed E-state index contributed by atoms with van der Waals surface area (Å²) in [4.78, 5) is 14.8. The number of ether oxygens (including phenoxy) is 1. The molecule has 1 aromatic heterocycles. The second-order valence-electron chi connectivity index (χ2n) is 7.00. The fraction of sp³-hybridized carbons (Fsp3) is 0.750. The van der Waals surface area contributed by atoms with Crippen molar-refractivity contribution in [2.75, 3.05) is 19.7 Å². The van der Waals surface area contributed by atoms with Gasteiger partial charge in [0.2, 0.25) is 5.91 Å². The van der Waals surface area contributed by atoms with Crippen LogP contribution in [0.25, 0.3) is 0 Å². The molecule has 1 N–H and O–H groups in total. The molecule has 6 nitrogen and oxygen atoms in total. The summed E-state index contributed by atoms with van der Waals surface area (Å²) < 4.78 is 7.91. The maximum Gasteiger partial charge on any atom is 0.247 e. The molecule has 1 spiro atoms. The maximum absolute atomic E-state index is 12.8. The first kappa shape index (κ1) is 14.2. The number of carbonyl (C=O) groups is 1. The molecule has 120 valence electrons. The van der Waals surface area contributed by atoms with Crippen molar-refractivity contribution in [3.05, 3.63) is 18.5 Å². The van der Waals surface area contributed by atoms with E-state index in [0.717, 1.165) is 19.4 Å². The number of piperidine rings is 1. The van der Waals surface area contributed by atoms with Crippen LogP contribution in [-0.2, 0) is 9.53 Å². The molecule has 2 unspecified atom stereocenters. The zero-order valence-electron chi connectivity index (χ0n) is 13.1. The first-order chi connectivity index (χ1) is 10.7. The largest absolute Gasteiger partial charge is 0.371 e. The van der Waals surface area contributed by atoms with Crippen LogP contribution < -0.4 is 5.32 Å². The second-order valence-corrected chi connectivity index (χ2v) is 7.00. The molecule has 3 aliphatic rings. The highest BCUT2D eigenvalue weighted by Crippen LogP contribution is 2.38. The number of rotatable bonds is 2. The summed E-state index contributed by atoms with van der Waals surface area (Å²) in [5, 5.41) is 7.85. The van der Waals surface area contributed by atoms with Crippen LogP contribution in [0.1, 0.15) is 38.6 Å². The normalized spacial score (nSPS) is 35.8. The van der Waals surface area contributed by atoms with Crippen LogP contribution in [0.5, 0.6) is 0 Å². The number of hydrogen-bond donors (Lipinski definition) is 1. The molecule has 0 saturated carbocycles. The van der Waals surface area contributed by atoms with Crippen LogP contribution in [0.4, 0.5) is 0 Å². The molecule has 6 heteroatoms. The topological polar surface area (TPSA) is 59.4 Å².